The third-order valence-electron chi connectivity index (χ3n) is 4.16. The summed E-state index contributed by atoms with van der Waals surface area (Å²) >= 11 is 0. The molecule has 6 nitrogen and oxygen atoms in total. The maximum absolute atomic E-state index is 12.2. The van der Waals surface area contributed by atoms with Gasteiger partial charge in [0.1, 0.15) is 5.52 Å². The van der Waals surface area contributed by atoms with Gasteiger partial charge in [0, 0.05) is 35.5 Å². The molecule has 3 N–H and O–H groups in total. The number of nitrogens with two attached hydrogens (primary N) is 1. The van der Waals surface area contributed by atoms with Crippen LogP contribution >= 0.6 is 0 Å². The van der Waals surface area contributed by atoms with Crippen molar-refractivity contribution in [1.29, 1.82) is 0 Å². The van der Waals surface area contributed by atoms with Crippen molar-refractivity contribution in [3.05, 3.63) is 47.9 Å². The van der Waals surface area contributed by atoms with Crippen molar-refractivity contribution in [2.24, 2.45) is 0 Å². The van der Waals surface area contributed by atoms with Gasteiger partial charge in [0.15, 0.2) is 5.69 Å². The molecule has 25 heavy (non-hydrogen) atoms. The number of nitrogens with one attached hydrogen (secondary N) is 1. The number of aryl methyl sites for hydroxylation is 1. The van der Waals surface area contributed by atoms with E-state index in [1.807, 2.05) is 37.4 Å². The zero-order valence-electron chi connectivity index (χ0n) is 14.4. The highest BCUT2D eigenvalue weighted by atomic mass is 16.1. The predicted molar refractivity (Wildman–Crippen MR) is 99.2 cm³/mol. The number of hydrogen-bond acceptors (Lipinski definition) is 5. The molecule has 128 valence electrons. The fraction of sp³-hybridized carbons (Fsp3) is 0.263. The molecule has 0 aliphatic heterocycles. The van der Waals surface area contributed by atoms with E-state index in [4.69, 9.17) is 5.73 Å². The molecule has 0 aliphatic carbocycles. The van der Waals surface area contributed by atoms with Crippen molar-refractivity contribution in [2.45, 2.75) is 26.7 Å². The molecule has 1 amide bonds. The Kier molecular flexibility index (Phi) is 4.88. The molecule has 3 aromatic rings. The lowest BCUT2D eigenvalue weighted by atomic mass is 9.97. The zero-order chi connectivity index (χ0) is 17.8. The van der Waals surface area contributed by atoms with Gasteiger partial charge in [-0.3, -0.25) is 9.78 Å². The predicted octanol–water partition coefficient (Wildman–Crippen LogP) is 2.98. The van der Waals surface area contributed by atoms with Crippen LogP contribution in [0.1, 0.15) is 36.3 Å². The number of anilines is 1. The molecule has 0 spiro atoms. The van der Waals surface area contributed by atoms with Crippen LogP contribution in [0.5, 0.6) is 0 Å². The lowest BCUT2D eigenvalue weighted by molar-refractivity contribution is 0.0949. The average Bonchev–Trinajstić information content (AvgIpc) is 2.66. The molecule has 0 radical (unpaired) electrons. The minimum atomic E-state index is -0.297. The summed E-state index contributed by atoms with van der Waals surface area (Å²) in [7, 11) is 0. The van der Waals surface area contributed by atoms with Crippen molar-refractivity contribution < 1.29 is 4.79 Å². The van der Waals surface area contributed by atoms with Crippen LogP contribution < -0.4 is 11.1 Å². The molecule has 0 saturated carbocycles. The van der Waals surface area contributed by atoms with E-state index in [0.717, 1.165) is 29.4 Å². The van der Waals surface area contributed by atoms with Crippen LogP contribution in [0.3, 0.4) is 0 Å². The number of hydrogen-bond donors (Lipinski definition) is 2. The molecule has 0 unspecified atom stereocenters. The summed E-state index contributed by atoms with van der Waals surface area (Å²) in [4.78, 5) is 16.5. The van der Waals surface area contributed by atoms with Crippen LogP contribution in [-0.2, 0) is 6.42 Å². The first-order chi connectivity index (χ1) is 12.2. The highest BCUT2D eigenvalue weighted by molar-refractivity contribution is 6.07. The van der Waals surface area contributed by atoms with E-state index >= 15 is 0 Å². The fourth-order valence-electron chi connectivity index (χ4n) is 2.83. The number of rotatable bonds is 5. The molecule has 2 heterocycles. The first-order valence-electron chi connectivity index (χ1n) is 8.43. The van der Waals surface area contributed by atoms with E-state index in [9.17, 15) is 4.79 Å². The van der Waals surface area contributed by atoms with Crippen molar-refractivity contribution in [2.75, 3.05) is 12.3 Å². The second-order valence-electron chi connectivity index (χ2n) is 5.81. The molecule has 1 aromatic carbocycles. The summed E-state index contributed by atoms with van der Waals surface area (Å²) in [5.41, 5.74) is 10.5. The summed E-state index contributed by atoms with van der Waals surface area (Å²) in [6.45, 7) is 4.66. The second-order valence-corrected chi connectivity index (χ2v) is 5.81. The van der Waals surface area contributed by atoms with Crippen LogP contribution in [0.2, 0.25) is 0 Å². The Morgan fingerprint density at radius 1 is 1.16 bits per heavy atom. The molecule has 0 fully saturated rings. The van der Waals surface area contributed by atoms with Crippen molar-refractivity contribution in [3.8, 4) is 11.1 Å². The number of nitrogen functional groups attached to an aromatic ring is 1. The van der Waals surface area contributed by atoms with Crippen LogP contribution in [0.15, 0.2) is 36.7 Å². The minimum Gasteiger partial charge on any atom is -0.396 e. The van der Waals surface area contributed by atoms with Crippen LogP contribution in [0, 0.1) is 0 Å². The molecule has 6 heteroatoms. The molecule has 0 aliphatic rings. The van der Waals surface area contributed by atoms with Gasteiger partial charge in [-0.2, -0.15) is 0 Å². The molecule has 3 rings (SSSR count). The summed E-state index contributed by atoms with van der Waals surface area (Å²) in [5.74, 6) is -0.297. The number of pyridine rings is 1. The number of benzene rings is 1. The highest BCUT2D eigenvalue weighted by Crippen LogP contribution is 2.32. The Morgan fingerprint density at radius 2 is 2.00 bits per heavy atom. The Bertz CT molecular complexity index is 923. The Labute approximate surface area is 146 Å². The van der Waals surface area contributed by atoms with Gasteiger partial charge >= 0.3 is 0 Å². The van der Waals surface area contributed by atoms with E-state index in [0.29, 0.717) is 17.7 Å². The smallest absolute Gasteiger partial charge is 0.273 e. The number of carbonyl (C=O) groups is 1. The van der Waals surface area contributed by atoms with E-state index in [-0.39, 0.29) is 11.6 Å². The molecule has 0 bridgehead atoms. The molecular weight excluding hydrogens is 314 g/mol. The molecule has 0 saturated heterocycles. The third-order valence-corrected chi connectivity index (χ3v) is 4.16. The average molecular weight is 335 g/mol. The molecule has 0 atom stereocenters. The van der Waals surface area contributed by atoms with E-state index < -0.39 is 0 Å². The van der Waals surface area contributed by atoms with Crippen LogP contribution in [0.4, 0.5) is 5.69 Å². The van der Waals surface area contributed by atoms with E-state index in [2.05, 4.69) is 27.4 Å². The zero-order valence-corrected chi connectivity index (χ0v) is 14.4. The van der Waals surface area contributed by atoms with E-state index in [1.165, 1.54) is 5.56 Å². The largest absolute Gasteiger partial charge is 0.396 e. The Balaban J connectivity index is 2.15. The van der Waals surface area contributed by atoms with Gasteiger partial charge in [0.25, 0.3) is 5.91 Å². The monoisotopic (exact) mass is 335 g/mol. The lowest BCUT2D eigenvalue weighted by Gasteiger charge is -2.12. The Hall–Kier alpha value is -3.02. The normalized spacial score (nSPS) is 10.8. The van der Waals surface area contributed by atoms with E-state index in [1.54, 1.807) is 6.20 Å². The third kappa shape index (κ3) is 3.15. The number of fused-ring (bicyclic) bond motifs is 1. The number of aromatic nitrogens is 3. The van der Waals surface area contributed by atoms with Crippen molar-refractivity contribution in [3.63, 3.8) is 0 Å². The standard InChI is InChI=1S/C19H21N5O/c1-3-9-22-19(25)18-16(20)14-7-5-6-13(17(14)23-24-18)15-11-21-10-8-12(15)4-2/h5-8,10-11H,3-4,9H2,1-2H3,(H2,20,23)(H,22,25). The summed E-state index contributed by atoms with van der Waals surface area (Å²) < 4.78 is 0. The Morgan fingerprint density at radius 3 is 2.76 bits per heavy atom. The van der Waals surface area contributed by atoms with Crippen LogP contribution in [-0.4, -0.2) is 27.6 Å². The first kappa shape index (κ1) is 16.8. The minimum absolute atomic E-state index is 0.167. The number of carbonyl (C=O) groups excluding carboxylic acids is 1. The maximum Gasteiger partial charge on any atom is 0.273 e. The van der Waals surface area contributed by atoms with Gasteiger partial charge in [-0.25, -0.2) is 0 Å². The van der Waals surface area contributed by atoms with Crippen molar-refractivity contribution in [1.82, 2.24) is 20.5 Å². The van der Waals surface area contributed by atoms with Gasteiger partial charge in [-0.05, 0) is 24.5 Å². The van der Waals surface area contributed by atoms with Crippen LogP contribution in [0.25, 0.3) is 22.0 Å². The second kappa shape index (κ2) is 7.25. The highest BCUT2D eigenvalue weighted by Gasteiger charge is 2.17. The number of nitrogens with zero attached hydrogens (tertiary/aromatic N) is 3. The quantitative estimate of drug-likeness (QED) is 0.747. The molecule has 2 aromatic heterocycles. The lowest BCUT2D eigenvalue weighted by Crippen LogP contribution is -2.26. The topological polar surface area (TPSA) is 93.8 Å². The van der Waals surface area contributed by atoms with Gasteiger partial charge in [0.05, 0.1) is 5.69 Å². The maximum atomic E-state index is 12.2. The van der Waals surface area contributed by atoms with Gasteiger partial charge in [-0.15, -0.1) is 10.2 Å². The summed E-state index contributed by atoms with van der Waals surface area (Å²) in [6, 6.07) is 7.75. The number of amides is 1. The first-order valence-corrected chi connectivity index (χ1v) is 8.43. The summed E-state index contributed by atoms with van der Waals surface area (Å²) in [6.07, 6.45) is 5.34. The summed E-state index contributed by atoms with van der Waals surface area (Å²) in [5, 5.41) is 11.9. The SMILES string of the molecule is CCCNC(=O)c1nnc2c(-c3cnccc3CC)cccc2c1N. The molecular formula is C19H21N5O. The van der Waals surface area contributed by atoms with Gasteiger partial charge in [-0.1, -0.05) is 32.0 Å². The van der Waals surface area contributed by atoms with Gasteiger partial charge < -0.3 is 11.1 Å². The fourth-order valence-corrected chi connectivity index (χ4v) is 2.83. The van der Waals surface area contributed by atoms with Gasteiger partial charge in [0.2, 0.25) is 0 Å². The van der Waals surface area contributed by atoms with Crippen molar-refractivity contribution >= 4 is 22.5 Å².